The Morgan fingerprint density at radius 2 is 1.88 bits per heavy atom. The van der Waals surface area contributed by atoms with Gasteiger partial charge in [0.15, 0.2) is 5.76 Å². The van der Waals surface area contributed by atoms with E-state index in [1.807, 2.05) is 36.4 Å². The molecule has 1 atom stereocenters. The number of halogens is 1. The Balaban J connectivity index is 1.59. The van der Waals surface area contributed by atoms with Crippen molar-refractivity contribution in [2.24, 2.45) is 5.10 Å². The van der Waals surface area contributed by atoms with Crippen LogP contribution in [0.4, 0.5) is 0 Å². The van der Waals surface area contributed by atoms with Gasteiger partial charge in [0.1, 0.15) is 12.3 Å². The van der Waals surface area contributed by atoms with Crippen molar-refractivity contribution in [2.75, 3.05) is 20.7 Å². The Hall–Kier alpha value is -3.58. The van der Waals surface area contributed by atoms with Crippen LogP contribution in [0.25, 0.3) is 0 Å². The smallest absolute Gasteiger partial charge is 0.289 e. The van der Waals surface area contributed by atoms with Gasteiger partial charge >= 0.3 is 0 Å². The van der Waals surface area contributed by atoms with Gasteiger partial charge in [-0.2, -0.15) is 5.10 Å². The number of methoxy groups -OCH3 is 1. The van der Waals surface area contributed by atoms with Crippen molar-refractivity contribution in [3.8, 4) is 5.75 Å². The first kappa shape index (κ1) is 21.6. The van der Waals surface area contributed by atoms with E-state index >= 15 is 0 Å². The first-order valence-electron chi connectivity index (χ1n) is 10.0. The molecule has 0 fully saturated rings. The molecule has 4 rings (SSSR count). The highest BCUT2D eigenvalue weighted by molar-refractivity contribution is 6.30. The summed E-state index contributed by atoms with van der Waals surface area (Å²) in [6, 6.07) is 17.8. The third kappa shape index (κ3) is 4.53. The molecule has 7 nitrogen and oxygen atoms in total. The molecule has 2 aromatic carbocycles. The second-order valence-corrected chi connectivity index (χ2v) is 7.86. The third-order valence-corrected chi connectivity index (χ3v) is 5.55. The molecule has 1 aliphatic heterocycles. The number of benzene rings is 2. The van der Waals surface area contributed by atoms with Gasteiger partial charge in [-0.1, -0.05) is 23.7 Å². The van der Waals surface area contributed by atoms with Gasteiger partial charge in [-0.15, -0.1) is 0 Å². The standard InChI is InChI=1S/C24H22ClN3O4/c1-27(24(30)22-4-3-13-32-22)15-23(29)28-21(17-5-9-18(25)10-6-17)14-20(26-28)16-7-11-19(31-2)12-8-16/h3-13,21H,14-15H2,1-2H3/t21-/m0/s1. The quantitative estimate of drug-likeness (QED) is 0.557. The Bertz CT molecular complexity index is 1130. The molecule has 1 aromatic heterocycles. The molecule has 0 unspecified atom stereocenters. The van der Waals surface area contributed by atoms with E-state index in [1.165, 1.54) is 16.2 Å². The van der Waals surface area contributed by atoms with E-state index in [4.69, 9.17) is 20.8 Å². The van der Waals surface area contributed by atoms with Gasteiger partial charge in [0.2, 0.25) is 0 Å². The normalized spacial score (nSPS) is 15.4. The van der Waals surface area contributed by atoms with Crippen LogP contribution in [0.1, 0.15) is 34.1 Å². The van der Waals surface area contributed by atoms with Gasteiger partial charge in [0.25, 0.3) is 11.8 Å². The van der Waals surface area contributed by atoms with Crippen LogP contribution in [0, 0.1) is 0 Å². The maximum atomic E-state index is 13.2. The zero-order chi connectivity index (χ0) is 22.7. The molecule has 0 aliphatic carbocycles. The molecule has 3 aromatic rings. The van der Waals surface area contributed by atoms with Gasteiger partial charge in [-0.05, 0) is 59.7 Å². The molecule has 0 N–H and O–H groups in total. The zero-order valence-electron chi connectivity index (χ0n) is 17.7. The Kier molecular flexibility index (Phi) is 6.28. The van der Waals surface area contributed by atoms with E-state index in [-0.39, 0.29) is 30.2 Å². The Morgan fingerprint density at radius 1 is 1.16 bits per heavy atom. The Morgan fingerprint density at radius 3 is 2.50 bits per heavy atom. The molecule has 0 saturated carbocycles. The van der Waals surface area contributed by atoms with Crippen molar-refractivity contribution in [3.63, 3.8) is 0 Å². The van der Waals surface area contributed by atoms with Crippen LogP contribution < -0.4 is 4.74 Å². The van der Waals surface area contributed by atoms with Gasteiger partial charge in [0, 0.05) is 18.5 Å². The van der Waals surface area contributed by atoms with E-state index in [0.29, 0.717) is 11.4 Å². The number of hydrogen-bond acceptors (Lipinski definition) is 5. The van der Waals surface area contributed by atoms with Crippen LogP contribution in [0.15, 0.2) is 76.4 Å². The molecule has 8 heteroatoms. The minimum Gasteiger partial charge on any atom is -0.497 e. The van der Waals surface area contributed by atoms with E-state index in [1.54, 1.807) is 38.4 Å². The van der Waals surface area contributed by atoms with Gasteiger partial charge in [-0.25, -0.2) is 5.01 Å². The van der Waals surface area contributed by atoms with Gasteiger partial charge in [0.05, 0.1) is 25.1 Å². The number of hydrogen-bond donors (Lipinski definition) is 0. The topological polar surface area (TPSA) is 75.3 Å². The lowest BCUT2D eigenvalue weighted by Gasteiger charge is -2.24. The summed E-state index contributed by atoms with van der Waals surface area (Å²) in [5, 5.41) is 6.70. The molecule has 0 spiro atoms. The number of carbonyl (C=O) groups excluding carboxylic acids is 2. The summed E-state index contributed by atoms with van der Waals surface area (Å²) in [5.41, 5.74) is 2.59. The van der Waals surface area contributed by atoms with Crippen LogP contribution >= 0.6 is 11.6 Å². The molecule has 0 saturated heterocycles. The lowest BCUT2D eigenvalue weighted by molar-refractivity contribution is -0.133. The molecule has 0 bridgehead atoms. The molecule has 0 radical (unpaired) electrons. The summed E-state index contributed by atoms with van der Waals surface area (Å²) in [6.45, 7) is -0.136. The van der Waals surface area contributed by atoms with E-state index in [2.05, 4.69) is 5.10 Å². The Labute approximate surface area is 190 Å². The van der Waals surface area contributed by atoms with Crippen LogP contribution in [-0.4, -0.2) is 48.1 Å². The summed E-state index contributed by atoms with van der Waals surface area (Å²) >= 11 is 6.05. The minimum atomic E-state index is -0.370. The number of carbonyl (C=O) groups is 2. The summed E-state index contributed by atoms with van der Waals surface area (Å²) < 4.78 is 10.4. The van der Waals surface area contributed by atoms with Crippen molar-refractivity contribution in [3.05, 3.63) is 88.8 Å². The average molecular weight is 452 g/mol. The molecule has 1 aliphatic rings. The van der Waals surface area contributed by atoms with Gasteiger partial charge < -0.3 is 14.1 Å². The highest BCUT2D eigenvalue weighted by atomic mass is 35.5. The molecule has 2 amide bonds. The lowest BCUT2D eigenvalue weighted by atomic mass is 9.98. The highest BCUT2D eigenvalue weighted by Gasteiger charge is 2.34. The molecule has 2 heterocycles. The van der Waals surface area contributed by atoms with E-state index in [9.17, 15) is 9.59 Å². The number of furan rings is 1. The maximum Gasteiger partial charge on any atom is 0.289 e. The van der Waals surface area contributed by atoms with Crippen LogP contribution in [-0.2, 0) is 4.79 Å². The predicted molar refractivity (Wildman–Crippen MR) is 121 cm³/mol. The fourth-order valence-corrected chi connectivity index (χ4v) is 3.70. The molecule has 164 valence electrons. The van der Waals surface area contributed by atoms with Crippen LogP contribution in [0.3, 0.4) is 0 Å². The van der Waals surface area contributed by atoms with Crippen molar-refractivity contribution < 1.29 is 18.7 Å². The molecular weight excluding hydrogens is 430 g/mol. The number of ether oxygens (including phenoxy) is 1. The fourth-order valence-electron chi connectivity index (χ4n) is 3.58. The summed E-state index contributed by atoms with van der Waals surface area (Å²) in [5.74, 6) is 0.256. The molecular formula is C24H22ClN3O4. The van der Waals surface area contributed by atoms with Crippen LogP contribution in [0.2, 0.25) is 5.02 Å². The SMILES string of the molecule is COc1ccc(C2=NN(C(=O)CN(C)C(=O)c3ccco3)[C@H](c3ccc(Cl)cc3)C2)cc1. The maximum absolute atomic E-state index is 13.2. The minimum absolute atomic E-state index is 0.136. The summed E-state index contributed by atoms with van der Waals surface area (Å²) in [7, 11) is 3.17. The highest BCUT2D eigenvalue weighted by Crippen LogP contribution is 2.33. The second-order valence-electron chi connectivity index (χ2n) is 7.42. The number of rotatable bonds is 6. The first-order valence-corrected chi connectivity index (χ1v) is 10.4. The van der Waals surface area contributed by atoms with Gasteiger partial charge in [-0.3, -0.25) is 9.59 Å². The summed E-state index contributed by atoms with van der Waals surface area (Å²) in [6.07, 6.45) is 1.96. The van der Waals surface area contributed by atoms with E-state index in [0.717, 1.165) is 22.6 Å². The average Bonchev–Trinajstić information content (AvgIpc) is 3.50. The van der Waals surface area contributed by atoms with Crippen molar-refractivity contribution in [1.29, 1.82) is 0 Å². The number of amides is 2. The number of likely N-dealkylation sites (N-methyl/N-ethyl adjacent to an activating group) is 1. The monoisotopic (exact) mass is 451 g/mol. The molecule has 32 heavy (non-hydrogen) atoms. The lowest BCUT2D eigenvalue weighted by Crippen LogP contribution is -2.39. The largest absolute Gasteiger partial charge is 0.497 e. The van der Waals surface area contributed by atoms with Crippen molar-refractivity contribution in [1.82, 2.24) is 9.91 Å². The van der Waals surface area contributed by atoms with Crippen molar-refractivity contribution in [2.45, 2.75) is 12.5 Å². The predicted octanol–water partition coefficient (Wildman–Crippen LogP) is 4.39. The van der Waals surface area contributed by atoms with Crippen LogP contribution in [0.5, 0.6) is 5.75 Å². The second kappa shape index (κ2) is 9.28. The number of nitrogens with zero attached hydrogens (tertiary/aromatic N) is 3. The first-order chi connectivity index (χ1) is 15.5. The van der Waals surface area contributed by atoms with Crippen molar-refractivity contribution >= 4 is 29.1 Å². The zero-order valence-corrected chi connectivity index (χ0v) is 18.5. The fraction of sp³-hybridized carbons (Fsp3) is 0.208. The third-order valence-electron chi connectivity index (χ3n) is 5.30. The number of hydrazone groups is 1. The van der Waals surface area contributed by atoms with E-state index < -0.39 is 0 Å². The summed E-state index contributed by atoms with van der Waals surface area (Å²) in [4.78, 5) is 27.0.